The van der Waals surface area contributed by atoms with Crippen molar-refractivity contribution >= 4 is 51.8 Å². The van der Waals surface area contributed by atoms with Crippen molar-refractivity contribution in [2.45, 2.75) is 153 Å². The first-order valence-corrected chi connectivity index (χ1v) is 25.7. The Morgan fingerprint density at radius 1 is 0.700 bits per heavy atom. The third-order valence-corrected chi connectivity index (χ3v) is 15.4. The smallest absolute Gasteiger partial charge is 0.407 e. The third kappa shape index (κ3) is 10.2. The molecule has 6 atom stereocenters. The predicted octanol–water partition coefficient (Wildman–Crippen LogP) is 10.1. The van der Waals surface area contributed by atoms with Crippen LogP contribution in [-0.4, -0.2) is 99.2 Å². The minimum Gasteiger partial charge on any atom is -0.453 e. The van der Waals surface area contributed by atoms with Crippen molar-refractivity contribution < 1.29 is 33.0 Å². The van der Waals surface area contributed by atoms with Crippen LogP contribution in [0.4, 0.5) is 19.7 Å². The highest BCUT2D eigenvalue weighted by molar-refractivity contribution is 5.87. The molecule has 1 saturated carbocycles. The molecule has 4 N–H and O–H groups in total. The van der Waals surface area contributed by atoms with E-state index in [0.717, 1.165) is 127 Å². The number of hydrogen-bond donors (Lipinski definition) is 4. The van der Waals surface area contributed by atoms with Gasteiger partial charge in [-0.15, -0.1) is 0 Å². The Hall–Kier alpha value is -6.19. The van der Waals surface area contributed by atoms with Crippen LogP contribution in [0.5, 0.6) is 0 Å². The van der Waals surface area contributed by atoms with E-state index in [2.05, 4.69) is 55.8 Å². The Morgan fingerprint density at radius 3 is 1.96 bits per heavy atom. The predicted molar refractivity (Wildman–Crippen MR) is 267 cm³/mol. The molecular formula is C54H70FN9O6. The van der Waals surface area contributed by atoms with Gasteiger partial charge in [0.05, 0.1) is 54.4 Å². The molecule has 2 aromatic heterocycles. The van der Waals surface area contributed by atoms with Crippen LogP contribution in [0.3, 0.4) is 0 Å². The molecule has 3 saturated heterocycles. The fraction of sp³-hybridized carbons (Fsp3) is 0.556. The van der Waals surface area contributed by atoms with E-state index in [1.54, 1.807) is 6.07 Å². The van der Waals surface area contributed by atoms with Crippen LogP contribution in [0.25, 0.3) is 22.1 Å². The maximum atomic E-state index is 16.4. The number of likely N-dealkylation sites (tertiary alicyclic amines) is 2. The van der Waals surface area contributed by atoms with Crippen LogP contribution in [0.2, 0.25) is 0 Å². The first-order chi connectivity index (χ1) is 33.8. The van der Waals surface area contributed by atoms with Gasteiger partial charge in [0.2, 0.25) is 11.8 Å². The molecule has 4 aliphatic rings. The van der Waals surface area contributed by atoms with Crippen LogP contribution >= 0.6 is 0 Å². The number of fused-ring (bicyclic) bond motifs is 2. The van der Waals surface area contributed by atoms with Crippen LogP contribution in [-0.2, 0) is 25.5 Å². The van der Waals surface area contributed by atoms with E-state index in [-0.39, 0.29) is 59.6 Å². The van der Waals surface area contributed by atoms with E-state index >= 15 is 4.39 Å². The summed E-state index contributed by atoms with van der Waals surface area (Å²) in [5, 5.41) is 5.50. The van der Waals surface area contributed by atoms with Crippen molar-refractivity contribution in [1.29, 1.82) is 0 Å². The summed E-state index contributed by atoms with van der Waals surface area (Å²) in [6, 6.07) is 16.7. The van der Waals surface area contributed by atoms with Gasteiger partial charge in [0.15, 0.2) is 0 Å². The summed E-state index contributed by atoms with van der Waals surface area (Å²) in [6.45, 7) is 9.02. The van der Waals surface area contributed by atoms with Crippen molar-refractivity contribution in [3.05, 3.63) is 88.8 Å². The second kappa shape index (κ2) is 21.0. The fourth-order valence-corrected chi connectivity index (χ4v) is 11.9. The molecule has 5 aromatic rings. The molecule has 16 heteroatoms. The lowest BCUT2D eigenvalue weighted by Crippen LogP contribution is -2.51. The second-order valence-corrected chi connectivity index (χ2v) is 20.8. The number of carbonyl (C=O) groups excluding carboxylic acids is 4. The maximum Gasteiger partial charge on any atom is 0.407 e. The summed E-state index contributed by atoms with van der Waals surface area (Å²) in [6.07, 6.45) is 10.4. The number of methoxy groups -OCH3 is 2. The zero-order valence-electron chi connectivity index (χ0n) is 41.6. The second-order valence-electron chi connectivity index (χ2n) is 20.8. The van der Waals surface area contributed by atoms with Crippen molar-refractivity contribution in [3.63, 3.8) is 0 Å². The number of aromatic amines is 2. The van der Waals surface area contributed by atoms with Gasteiger partial charge in [0.25, 0.3) is 0 Å². The highest BCUT2D eigenvalue weighted by Gasteiger charge is 2.40. The number of nitrogens with one attached hydrogen (secondary N) is 4. The summed E-state index contributed by atoms with van der Waals surface area (Å²) in [5.74, 6) is 1.32. The van der Waals surface area contributed by atoms with Crippen LogP contribution < -0.4 is 15.5 Å². The molecule has 9 rings (SSSR count). The van der Waals surface area contributed by atoms with Crippen LogP contribution in [0, 0.1) is 17.7 Å². The van der Waals surface area contributed by atoms with E-state index in [4.69, 9.17) is 19.4 Å². The van der Waals surface area contributed by atoms with Gasteiger partial charge < -0.3 is 44.8 Å². The van der Waals surface area contributed by atoms with E-state index in [9.17, 15) is 19.2 Å². The average molecular weight is 960 g/mol. The Morgan fingerprint density at radius 2 is 1.33 bits per heavy atom. The molecule has 0 radical (unpaired) electrons. The lowest BCUT2D eigenvalue weighted by molar-refractivity contribution is -0.136. The lowest BCUT2D eigenvalue weighted by atomic mass is 9.84. The number of benzene rings is 3. The first-order valence-electron chi connectivity index (χ1n) is 25.7. The van der Waals surface area contributed by atoms with E-state index in [1.807, 2.05) is 55.7 Å². The van der Waals surface area contributed by atoms with Gasteiger partial charge in [-0.3, -0.25) is 9.59 Å². The summed E-state index contributed by atoms with van der Waals surface area (Å²) in [7, 11) is 2.60. The Bertz CT molecular complexity index is 2690. The summed E-state index contributed by atoms with van der Waals surface area (Å²) in [4.78, 5) is 75.6. The minimum absolute atomic E-state index is 0.0384. The number of H-pyrrole nitrogens is 2. The number of rotatable bonds is 14. The Balaban J connectivity index is 0.984. The highest BCUT2D eigenvalue weighted by atomic mass is 19.1. The minimum atomic E-state index is -0.718. The maximum absolute atomic E-state index is 16.4. The molecule has 2 unspecified atom stereocenters. The fourth-order valence-electron chi connectivity index (χ4n) is 11.9. The van der Waals surface area contributed by atoms with Gasteiger partial charge in [-0.2, -0.15) is 0 Å². The van der Waals surface area contributed by atoms with Crippen molar-refractivity contribution in [2.75, 3.05) is 32.2 Å². The summed E-state index contributed by atoms with van der Waals surface area (Å²) in [5.41, 5.74) is 7.31. The number of halogens is 1. The molecule has 0 bridgehead atoms. The highest BCUT2D eigenvalue weighted by Crippen LogP contribution is 2.44. The number of alkyl carbamates (subject to hydrolysis) is 2. The first kappa shape index (κ1) is 48.8. The monoisotopic (exact) mass is 960 g/mol. The molecule has 5 heterocycles. The number of ether oxygens (including phenoxy) is 2. The van der Waals surface area contributed by atoms with E-state index in [0.29, 0.717) is 19.5 Å². The molecule has 15 nitrogen and oxygen atoms in total. The zero-order valence-corrected chi connectivity index (χ0v) is 41.6. The number of imidazole rings is 2. The van der Waals surface area contributed by atoms with Gasteiger partial charge in [-0.1, -0.05) is 65.2 Å². The summed E-state index contributed by atoms with van der Waals surface area (Å²) < 4.78 is 26.1. The largest absolute Gasteiger partial charge is 0.453 e. The molecule has 3 aliphatic heterocycles. The molecule has 70 heavy (non-hydrogen) atoms. The van der Waals surface area contributed by atoms with Crippen molar-refractivity contribution in [1.82, 2.24) is 40.4 Å². The summed E-state index contributed by atoms with van der Waals surface area (Å²) >= 11 is 0. The lowest BCUT2D eigenvalue weighted by Gasteiger charge is -2.34. The topological polar surface area (TPSA) is 178 Å². The number of nitrogens with zero attached hydrogens (tertiary/aromatic N) is 5. The molecule has 0 spiro atoms. The van der Waals surface area contributed by atoms with Gasteiger partial charge in [0.1, 0.15) is 29.5 Å². The van der Waals surface area contributed by atoms with Gasteiger partial charge >= 0.3 is 12.2 Å². The van der Waals surface area contributed by atoms with Crippen LogP contribution in [0.15, 0.2) is 54.6 Å². The molecule has 4 amide bonds. The van der Waals surface area contributed by atoms with E-state index in [1.165, 1.54) is 20.6 Å². The Kier molecular flexibility index (Phi) is 14.7. The number of hydrogen-bond acceptors (Lipinski definition) is 9. The SMILES string of the molecule is COC(=O)NC(CC(C)C)C(=O)N1CCC[C@H]1c1nc2ccc([C@H]3CCC(Cc4ccc5nc([C@@H]6CCCN6C(=O)[C@@H](NC(=O)OC)C(C)C)[nH]c5c4)N3c3ccc(C4CCCCC4)c(F)c3)cc2[nH]1. The van der Waals surface area contributed by atoms with Crippen molar-refractivity contribution in [2.24, 2.45) is 11.8 Å². The van der Waals surface area contributed by atoms with Gasteiger partial charge in [0, 0.05) is 24.8 Å². The number of carbonyl (C=O) groups is 4. The quantitative estimate of drug-likeness (QED) is 0.0843. The normalized spacial score (nSPS) is 21.8. The number of aromatic nitrogens is 4. The zero-order chi connectivity index (χ0) is 49.2. The van der Waals surface area contributed by atoms with Crippen molar-refractivity contribution in [3.8, 4) is 0 Å². The third-order valence-electron chi connectivity index (χ3n) is 15.4. The standard InChI is InChI=1S/C54H70FN9O6/c1-31(2)26-44(60-53(67)69-5)51(65)62-24-10-14-46(62)49-57-41-22-17-35(29-43(41)59-49)45-23-19-36(64(45)37-18-20-38(39(55)30-37)34-12-8-7-9-13-34)27-33-16-21-40-42(28-33)58-50(56-40)47-15-11-25-63(47)52(66)48(32(3)4)61-54(68)70-6/h16-18,20-22,28-32,34,36,44-48H,7-15,19,23-27H2,1-6H3,(H,56,58)(H,57,59)(H,60,67)(H,61,68)/t36?,44?,45-,46+,47+,48+/m1/s1. The molecular weight excluding hydrogens is 890 g/mol. The number of amides is 4. The van der Waals surface area contributed by atoms with Gasteiger partial charge in [-0.05, 0) is 135 Å². The molecule has 374 valence electrons. The molecule has 1 aliphatic carbocycles. The van der Waals surface area contributed by atoms with Crippen LogP contribution in [0.1, 0.15) is 157 Å². The van der Waals surface area contributed by atoms with E-state index < -0.39 is 24.3 Å². The van der Waals surface area contributed by atoms with Gasteiger partial charge in [-0.25, -0.2) is 23.9 Å². The molecule has 4 fully saturated rings. The average Bonchev–Trinajstić information content (AvgIpc) is 4.22. The Labute approximate surface area is 410 Å². The molecule has 3 aromatic carbocycles. The number of anilines is 1.